The number of carbonyl (C=O) groups excluding carboxylic acids is 1. The minimum Gasteiger partial charge on any atom is -0.496 e. The Kier molecular flexibility index (Phi) is 4.00. The molecule has 2 rings (SSSR count). The van der Waals surface area contributed by atoms with Gasteiger partial charge in [-0.3, -0.25) is 4.79 Å². The molecule has 0 amide bonds. The maximum Gasteiger partial charge on any atom is 0.197 e. The van der Waals surface area contributed by atoms with E-state index in [0.717, 1.165) is 5.56 Å². The summed E-state index contributed by atoms with van der Waals surface area (Å²) in [6.45, 7) is 1.93. The Morgan fingerprint density at radius 3 is 2.53 bits per heavy atom. The van der Waals surface area contributed by atoms with E-state index in [1.165, 1.54) is 25.3 Å². The van der Waals surface area contributed by atoms with Crippen LogP contribution >= 0.6 is 15.9 Å². The predicted molar refractivity (Wildman–Crippen MR) is 75.3 cm³/mol. The molecule has 0 aromatic heterocycles. The standard InChI is InChI=1S/C15H12BrFO2/c1-9-3-5-11(13(16)7-9)15(18)12-8-10(17)4-6-14(12)19-2/h3-8H,1-2H3. The quantitative estimate of drug-likeness (QED) is 0.794. The van der Waals surface area contributed by atoms with Crippen LogP contribution in [0.15, 0.2) is 40.9 Å². The normalized spacial score (nSPS) is 10.3. The predicted octanol–water partition coefficient (Wildman–Crippen LogP) is 4.14. The number of ether oxygens (including phenoxy) is 1. The van der Waals surface area contributed by atoms with Crippen LogP contribution in [0.4, 0.5) is 4.39 Å². The first-order valence-corrected chi connectivity index (χ1v) is 6.46. The molecule has 2 nitrogen and oxygen atoms in total. The summed E-state index contributed by atoms with van der Waals surface area (Å²) in [4.78, 5) is 12.4. The Hall–Kier alpha value is -1.68. The van der Waals surface area contributed by atoms with Crippen LogP contribution in [0.3, 0.4) is 0 Å². The van der Waals surface area contributed by atoms with Crippen LogP contribution in [0.25, 0.3) is 0 Å². The Labute approximate surface area is 119 Å². The zero-order valence-electron chi connectivity index (χ0n) is 10.5. The molecule has 0 saturated carbocycles. The van der Waals surface area contributed by atoms with Gasteiger partial charge in [0.05, 0.1) is 12.7 Å². The van der Waals surface area contributed by atoms with Crippen LogP contribution in [0.2, 0.25) is 0 Å². The lowest BCUT2D eigenvalue weighted by atomic mass is 10.0. The van der Waals surface area contributed by atoms with Crippen molar-refractivity contribution in [3.63, 3.8) is 0 Å². The monoisotopic (exact) mass is 322 g/mol. The second-order valence-corrected chi connectivity index (χ2v) is 5.01. The first kappa shape index (κ1) is 13.7. The highest BCUT2D eigenvalue weighted by Crippen LogP contribution is 2.26. The molecule has 0 aliphatic heterocycles. The van der Waals surface area contributed by atoms with Gasteiger partial charge in [-0.2, -0.15) is 0 Å². The molecule has 4 heteroatoms. The summed E-state index contributed by atoms with van der Waals surface area (Å²) in [5.41, 5.74) is 1.73. The van der Waals surface area contributed by atoms with Gasteiger partial charge in [0, 0.05) is 10.0 Å². The molecule has 2 aromatic carbocycles. The van der Waals surface area contributed by atoms with E-state index in [1.807, 2.05) is 19.1 Å². The molecule has 0 radical (unpaired) electrons. The first-order valence-electron chi connectivity index (χ1n) is 5.67. The van der Waals surface area contributed by atoms with Crippen molar-refractivity contribution < 1.29 is 13.9 Å². The van der Waals surface area contributed by atoms with Crippen molar-refractivity contribution >= 4 is 21.7 Å². The minimum atomic E-state index is -0.465. The maximum absolute atomic E-state index is 13.3. The van der Waals surface area contributed by atoms with Gasteiger partial charge in [0.2, 0.25) is 0 Å². The second kappa shape index (κ2) is 5.53. The van der Waals surface area contributed by atoms with Gasteiger partial charge in [0.25, 0.3) is 0 Å². The average Bonchev–Trinajstić information content (AvgIpc) is 2.38. The Balaban J connectivity index is 2.52. The third-order valence-electron chi connectivity index (χ3n) is 2.78. The SMILES string of the molecule is COc1ccc(F)cc1C(=O)c1ccc(C)cc1Br. The largest absolute Gasteiger partial charge is 0.496 e. The average molecular weight is 323 g/mol. The highest BCUT2D eigenvalue weighted by molar-refractivity contribution is 9.10. The molecule has 0 heterocycles. The summed E-state index contributed by atoms with van der Waals surface area (Å²) in [6.07, 6.45) is 0. The van der Waals surface area contributed by atoms with Crippen LogP contribution in [0.1, 0.15) is 21.5 Å². The van der Waals surface area contributed by atoms with Crippen molar-refractivity contribution in [1.29, 1.82) is 0 Å². The van der Waals surface area contributed by atoms with Gasteiger partial charge in [0.1, 0.15) is 11.6 Å². The molecule has 19 heavy (non-hydrogen) atoms. The van der Waals surface area contributed by atoms with Crippen molar-refractivity contribution in [2.45, 2.75) is 6.92 Å². The number of hydrogen-bond acceptors (Lipinski definition) is 2. The number of methoxy groups -OCH3 is 1. The summed E-state index contributed by atoms with van der Waals surface area (Å²) in [5.74, 6) is -0.380. The number of halogens is 2. The lowest BCUT2D eigenvalue weighted by Gasteiger charge is -2.09. The fourth-order valence-corrected chi connectivity index (χ4v) is 2.48. The number of aryl methyl sites for hydroxylation is 1. The summed E-state index contributed by atoms with van der Waals surface area (Å²) in [6, 6.07) is 9.30. The zero-order chi connectivity index (χ0) is 14.0. The zero-order valence-corrected chi connectivity index (χ0v) is 12.1. The molecule has 0 aliphatic rings. The van der Waals surface area contributed by atoms with Gasteiger partial charge in [-0.25, -0.2) is 4.39 Å². The number of ketones is 1. The van der Waals surface area contributed by atoms with Gasteiger partial charge < -0.3 is 4.74 Å². The molecule has 0 unspecified atom stereocenters. The Bertz CT molecular complexity index is 638. The Morgan fingerprint density at radius 2 is 1.89 bits per heavy atom. The summed E-state index contributed by atoms with van der Waals surface area (Å²) < 4.78 is 19.1. The second-order valence-electron chi connectivity index (χ2n) is 4.16. The summed E-state index contributed by atoms with van der Waals surface area (Å²) >= 11 is 3.35. The minimum absolute atomic E-state index is 0.215. The molecular formula is C15H12BrFO2. The molecule has 0 aliphatic carbocycles. The van der Waals surface area contributed by atoms with Crippen LogP contribution in [0.5, 0.6) is 5.75 Å². The van der Waals surface area contributed by atoms with Gasteiger partial charge in [0.15, 0.2) is 5.78 Å². The van der Waals surface area contributed by atoms with Crippen LogP contribution in [0, 0.1) is 12.7 Å². The van der Waals surface area contributed by atoms with Gasteiger partial charge in [-0.1, -0.05) is 22.0 Å². The first-order chi connectivity index (χ1) is 9.02. The van der Waals surface area contributed by atoms with Crippen LogP contribution in [-0.4, -0.2) is 12.9 Å². The third kappa shape index (κ3) is 2.84. The van der Waals surface area contributed by atoms with Crippen LogP contribution in [-0.2, 0) is 0 Å². The topological polar surface area (TPSA) is 26.3 Å². The van der Waals surface area contributed by atoms with E-state index in [4.69, 9.17) is 4.74 Å². The summed E-state index contributed by atoms with van der Waals surface area (Å²) in [7, 11) is 1.45. The highest BCUT2D eigenvalue weighted by Gasteiger charge is 2.17. The molecule has 0 bridgehead atoms. The fraction of sp³-hybridized carbons (Fsp3) is 0.133. The van der Waals surface area contributed by atoms with Crippen molar-refractivity contribution in [3.8, 4) is 5.75 Å². The van der Waals surface area contributed by atoms with E-state index in [9.17, 15) is 9.18 Å². The highest BCUT2D eigenvalue weighted by atomic mass is 79.9. The van der Waals surface area contributed by atoms with E-state index in [0.29, 0.717) is 15.8 Å². The van der Waals surface area contributed by atoms with E-state index in [2.05, 4.69) is 15.9 Å². The van der Waals surface area contributed by atoms with Crippen molar-refractivity contribution in [3.05, 3.63) is 63.4 Å². The number of rotatable bonds is 3. The molecular weight excluding hydrogens is 311 g/mol. The molecule has 0 fully saturated rings. The van der Waals surface area contributed by atoms with E-state index in [1.54, 1.807) is 6.07 Å². The summed E-state index contributed by atoms with van der Waals surface area (Å²) in [5, 5.41) is 0. The van der Waals surface area contributed by atoms with Crippen molar-refractivity contribution in [1.82, 2.24) is 0 Å². The van der Waals surface area contributed by atoms with E-state index < -0.39 is 5.82 Å². The lowest BCUT2D eigenvalue weighted by Crippen LogP contribution is -2.05. The third-order valence-corrected chi connectivity index (χ3v) is 3.43. The molecule has 0 atom stereocenters. The number of benzene rings is 2. The molecule has 0 saturated heterocycles. The van der Waals surface area contributed by atoms with Gasteiger partial charge in [-0.15, -0.1) is 0 Å². The number of carbonyl (C=O) groups is 1. The lowest BCUT2D eigenvalue weighted by molar-refractivity contribution is 0.103. The molecule has 0 N–H and O–H groups in total. The smallest absolute Gasteiger partial charge is 0.197 e. The Morgan fingerprint density at radius 1 is 1.16 bits per heavy atom. The van der Waals surface area contributed by atoms with E-state index in [-0.39, 0.29) is 11.3 Å². The van der Waals surface area contributed by atoms with Crippen molar-refractivity contribution in [2.24, 2.45) is 0 Å². The van der Waals surface area contributed by atoms with Crippen molar-refractivity contribution in [2.75, 3.05) is 7.11 Å². The fourth-order valence-electron chi connectivity index (χ4n) is 1.81. The van der Waals surface area contributed by atoms with Crippen LogP contribution < -0.4 is 4.74 Å². The maximum atomic E-state index is 13.3. The van der Waals surface area contributed by atoms with Gasteiger partial charge >= 0.3 is 0 Å². The molecule has 0 spiro atoms. The number of hydrogen-bond donors (Lipinski definition) is 0. The molecule has 98 valence electrons. The van der Waals surface area contributed by atoms with Gasteiger partial charge in [-0.05, 0) is 42.8 Å². The van der Waals surface area contributed by atoms with E-state index >= 15 is 0 Å². The molecule has 2 aromatic rings.